The fraction of sp³-hybridized carbons (Fsp3) is 0.118. The van der Waals surface area contributed by atoms with Crippen LogP contribution in [0.25, 0.3) is 0 Å². The Balaban J connectivity index is 1.90. The molecule has 1 aliphatic rings. The molecule has 0 radical (unpaired) electrons. The molecule has 1 aromatic heterocycles. The number of nitrogens with zero attached hydrogens (tertiary/aromatic N) is 1. The topological polar surface area (TPSA) is 68.3 Å². The molecule has 0 aliphatic heterocycles. The summed E-state index contributed by atoms with van der Waals surface area (Å²) < 4.78 is 5.33. The SMILES string of the molecule is CO[C@H](NC1=CC(=O)c2ccccc2C1=O)c1ccccn1. The smallest absolute Gasteiger partial charge is 0.209 e. The zero-order valence-corrected chi connectivity index (χ0v) is 11.9. The molecule has 0 unspecified atom stereocenters. The normalized spacial score (nSPS) is 15.0. The van der Waals surface area contributed by atoms with Crippen LogP contribution in [0.15, 0.2) is 60.4 Å². The summed E-state index contributed by atoms with van der Waals surface area (Å²) in [7, 11) is 1.51. The molecule has 22 heavy (non-hydrogen) atoms. The first-order chi connectivity index (χ1) is 10.7. The molecule has 0 spiro atoms. The molecule has 3 rings (SSSR count). The Morgan fingerprint density at radius 2 is 1.77 bits per heavy atom. The summed E-state index contributed by atoms with van der Waals surface area (Å²) in [4.78, 5) is 28.8. The average molecular weight is 294 g/mol. The van der Waals surface area contributed by atoms with Gasteiger partial charge in [0, 0.05) is 30.5 Å². The highest BCUT2D eigenvalue weighted by molar-refractivity contribution is 6.24. The van der Waals surface area contributed by atoms with Crippen molar-refractivity contribution in [2.24, 2.45) is 0 Å². The Labute approximate surface area is 127 Å². The number of carbonyl (C=O) groups is 2. The maximum Gasteiger partial charge on any atom is 0.209 e. The van der Waals surface area contributed by atoms with Gasteiger partial charge in [-0.15, -0.1) is 0 Å². The molecule has 0 saturated carbocycles. The van der Waals surface area contributed by atoms with Crippen LogP contribution in [0, 0.1) is 0 Å². The number of carbonyl (C=O) groups excluding carboxylic acids is 2. The van der Waals surface area contributed by atoms with Crippen molar-refractivity contribution in [3.05, 3.63) is 77.3 Å². The minimum atomic E-state index is -0.602. The van der Waals surface area contributed by atoms with E-state index in [-0.39, 0.29) is 17.3 Å². The van der Waals surface area contributed by atoms with Crippen LogP contribution in [0.5, 0.6) is 0 Å². The van der Waals surface area contributed by atoms with Crippen LogP contribution in [-0.4, -0.2) is 23.7 Å². The number of hydrogen-bond acceptors (Lipinski definition) is 5. The number of aromatic nitrogens is 1. The Hall–Kier alpha value is -2.79. The van der Waals surface area contributed by atoms with Crippen molar-refractivity contribution >= 4 is 11.6 Å². The van der Waals surface area contributed by atoms with Crippen molar-refractivity contribution in [3.63, 3.8) is 0 Å². The molecule has 110 valence electrons. The maximum atomic E-state index is 12.5. The van der Waals surface area contributed by atoms with Crippen LogP contribution < -0.4 is 5.32 Å². The minimum absolute atomic E-state index is 0.200. The number of rotatable bonds is 4. The standard InChI is InChI=1S/C17H14N2O3/c1-22-17(13-8-4-5-9-18-13)19-14-10-15(20)11-6-2-3-7-12(11)16(14)21/h2-10,17,19H,1H3/t17-/m0/s1. The molecule has 1 heterocycles. The van der Waals surface area contributed by atoms with Crippen LogP contribution in [0.1, 0.15) is 32.6 Å². The molecule has 2 aromatic rings. The van der Waals surface area contributed by atoms with Crippen molar-refractivity contribution in [3.8, 4) is 0 Å². The number of fused-ring (bicyclic) bond motifs is 1. The van der Waals surface area contributed by atoms with E-state index >= 15 is 0 Å². The minimum Gasteiger partial charge on any atom is -0.356 e. The lowest BCUT2D eigenvalue weighted by Crippen LogP contribution is -2.31. The molecule has 5 nitrogen and oxygen atoms in total. The highest BCUT2D eigenvalue weighted by Crippen LogP contribution is 2.22. The van der Waals surface area contributed by atoms with E-state index in [1.165, 1.54) is 13.2 Å². The molecule has 0 fully saturated rings. The van der Waals surface area contributed by atoms with Gasteiger partial charge >= 0.3 is 0 Å². The first-order valence-electron chi connectivity index (χ1n) is 6.80. The van der Waals surface area contributed by atoms with E-state index in [1.807, 2.05) is 6.07 Å². The van der Waals surface area contributed by atoms with Gasteiger partial charge in [-0.2, -0.15) is 0 Å². The molecule has 0 bridgehead atoms. The van der Waals surface area contributed by atoms with Crippen LogP contribution in [0.3, 0.4) is 0 Å². The molecule has 0 saturated heterocycles. The quantitative estimate of drug-likeness (QED) is 0.876. The van der Waals surface area contributed by atoms with E-state index in [2.05, 4.69) is 10.3 Å². The van der Waals surface area contributed by atoms with Gasteiger partial charge in [-0.1, -0.05) is 30.3 Å². The van der Waals surface area contributed by atoms with Crippen LogP contribution in [-0.2, 0) is 4.74 Å². The largest absolute Gasteiger partial charge is 0.356 e. The first kappa shape index (κ1) is 14.2. The third kappa shape index (κ3) is 2.54. The van der Waals surface area contributed by atoms with Gasteiger partial charge in [0.15, 0.2) is 12.0 Å². The molecule has 1 aromatic carbocycles. The van der Waals surface area contributed by atoms with E-state index in [0.29, 0.717) is 16.8 Å². The molecule has 1 aliphatic carbocycles. The lowest BCUT2D eigenvalue weighted by atomic mass is 9.92. The van der Waals surface area contributed by atoms with Crippen molar-refractivity contribution in [2.45, 2.75) is 6.23 Å². The molecular weight excluding hydrogens is 280 g/mol. The van der Waals surface area contributed by atoms with E-state index < -0.39 is 6.23 Å². The lowest BCUT2D eigenvalue weighted by molar-refractivity contribution is 0.0736. The van der Waals surface area contributed by atoms with Gasteiger partial charge < -0.3 is 10.1 Å². The fourth-order valence-corrected chi connectivity index (χ4v) is 2.35. The number of methoxy groups -OCH3 is 1. The van der Waals surface area contributed by atoms with Crippen molar-refractivity contribution in [1.29, 1.82) is 0 Å². The van der Waals surface area contributed by atoms with Crippen molar-refractivity contribution < 1.29 is 14.3 Å². The Morgan fingerprint density at radius 3 is 2.45 bits per heavy atom. The Morgan fingerprint density at radius 1 is 1.05 bits per heavy atom. The third-order valence-electron chi connectivity index (χ3n) is 3.44. The molecule has 0 amide bonds. The summed E-state index contributed by atoms with van der Waals surface area (Å²) >= 11 is 0. The number of ketones is 2. The lowest BCUT2D eigenvalue weighted by Gasteiger charge is -2.22. The second-order valence-electron chi connectivity index (χ2n) is 4.81. The number of allylic oxidation sites excluding steroid dienone is 2. The van der Waals surface area contributed by atoms with Gasteiger partial charge in [0.05, 0.1) is 11.4 Å². The number of benzene rings is 1. The molecule has 1 atom stereocenters. The predicted octanol–water partition coefficient (Wildman–Crippen LogP) is 2.28. The zero-order valence-electron chi connectivity index (χ0n) is 11.9. The maximum absolute atomic E-state index is 12.5. The predicted molar refractivity (Wildman–Crippen MR) is 80.3 cm³/mol. The average Bonchev–Trinajstić information content (AvgIpc) is 2.57. The highest BCUT2D eigenvalue weighted by Gasteiger charge is 2.27. The summed E-state index contributed by atoms with van der Waals surface area (Å²) in [5, 5.41) is 2.95. The van der Waals surface area contributed by atoms with Gasteiger partial charge in [-0.3, -0.25) is 14.6 Å². The summed E-state index contributed by atoms with van der Waals surface area (Å²) in [6.45, 7) is 0. The van der Waals surface area contributed by atoms with Gasteiger partial charge in [0.2, 0.25) is 5.78 Å². The van der Waals surface area contributed by atoms with E-state index in [9.17, 15) is 9.59 Å². The number of nitrogens with one attached hydrogen (secondary N) is 1. The van der Waals surface area contributed by atoms with Crippen molar-refractivity contribution in [2.75, 3.05) is 7.11 Å². The van der Waals surface area contributed by atoms with E-state index in [0.717, 1.165) is 0 Å². The summed E-state index contributed by atoms with van der Waals surface area (Å²) in [6.07, 6.45) is 2.34. The van der Waals surface area contributed by atoms with Gasteiger partial charge in [-0.25, -0.2) is 0 Å². The molecule has 5 heteroatoms. The van der Waals surface area contributed by atoms with Crippen LogP contribution in [0.2, 0.25) is 0 Å². The van der Waals surface area contributed by atoms with Crippen LogP contribution in [0.4, 0.5) is 0 Å². The van der Waals surface area contributed by atoms with Gasteiger partial charge in [0.1, 0.15) is 0 Å². The zero-order chi connectivity index (χ0) is 15.5. The highest BCUT2D eigenvalue weighted by atomic mass is 16.5. The summed E-state index contributed by atoms with van der Waals surface area (Å²) in [5.74, 6) is -0.429. The van der Waals surface area contributed by atoms with E-state index in [1.54, 1.807) is 42.6 Å². The van der Waals surface area contributed by atoms with Crippen LogP contribution >= 0.6 is 0 Å². The van der Waals surface area contributed by atoms with Crippen molar-refractivity contribution in [1.82, 2.24) is 10.3 Å². The first-order valence-corrected chi connectivity index (χ1v) is 6.80. The monoisotopic (exact) mass is 294 g/mol. The summed E-state index contributed by atoms with van der Waals surface area (Å²) in [5.41, 5.74) is 1.66. The Kier molecular flexibility index (Phi) is 3.80. The number of pyridine rings is 1. The molecular formula is C17H14N2O3. The second-order valence-corrected chi connectivity index (χ2v) is 4.81. The molecule has 1 N–H and O–H groups in total. The Bertz CT molecular complexity index is 754. The van der Waals surface area contributed by atoms with Gasteiger partial charge in [0.25, 0.3) is 0 Å². The fourth-order valence-electron chi connectivity index (χ4n) is 2.35. The summed E-state index contributed by atoms with van der Waals surface area (Å²) in [6, 6.07) is 12.2. The second kappa shape index (κ2) is 5.91. The number of hydrogen-bond donors (Lipinski definition) is 1. The number of Topliss-reactive ketones (excluding diaryl/α,β-unsaturated/α-hetero) is 1. The third-order valence-corrected chi connectivity index (χ3v) is 3.44. The van der Waals surface area contributed by atoms with E-state index in [4.69, 9.17) is 4.74 Å². The van der Waals surface area contributed by atoms with Gasteiger partial charge in [-0.05, 0) is 12.1 Å². The number of ether oxygens (including phenoxy) is 1.